The van der Waals surface area contributed by atoms with Gasteiger partial charge in [0.1, 0.15) is 11.9 Å². The van der Waals surface area contributed by atoms with Crippen molar-refractivity contribution < 1.29 is 14.3 Å². The third-order valence-corrected chi connectivity index (χ3v) is 2.83. The Morgan fingerprint density at radius 3 is 2.81 bits per heavy atom. The molecule has 0 N–H and O–H groups in total. The molecule has 16 heavy (non-hydrogen) atoms. The van der Waals surface area contributed by atoms with E-state index in [9.17, 15) is 4.79 Å². The van der Waals surface area contributed by atoms with E-state index >= 15 is 0 Å². The summed E-state index contributed by atoms with van der Waals surface area (Å²) in [5.74, 6) is 0.699. The van der Waals surface area contributed by atoms with E-state index in [2.05, 4.69) is 0 Å². The maximum atomic E-state index is 11.3. The van der Waals surface area contributed by atoms with E-state index in [1.165, 1.54) is 0 Å². The summed E-state index contributed by atoms with van der Waals surface area (Å²) in [4.78, 5) is 11.3. The molecule has 0 aromatic heterocycles. The molecule has 4 heteroatoms. The van der Waals surface area contributed by atoms with Gasteiger partial charge in [-0.25, -0.2) is 0 Å². The van der Waals surface area contributed by atoms with Crippen LogP contribution in [0.1, 0.15) is 13.3 Å². The summed E-state index contributed by atoms with van der Waals surface area (Å²) in [7, 11) is 0. The minimum atomic E-state index is -0.429. The average Bonchev–Trinajstić information content (AvgIpc) is 2.28. The molecule has 3 nitrogen and oxygen atoms in total. The molecule has 1 aromatic rings. The Bertz CT molecular complexity index is 392. The van der Waals surface area contributed by atoms with Crippen LogP contribution >= 0.6 is 11.6 Å². The molecular weight excluding hydrogens is 228 g/mol. The Balaban J connectivity index is 2.01. The van der Waals surface area contributed by atoms with E-state index in [4.69, 9.17) is 21.1 Å². The SMILES string of the molecule is CCOC1C(=O)CC1Oc1ccccc1Cl. The third kappa shape index (κ3) is 2.20. The minimum absolute atomic E-state index is 0.0962. The summed E-state index contributed by atoms with van der Waals surface area (Å²) in [6, 6.07) is 7.22. The van der Waals surface area contributed by atoms with Crippen LogP contribution in [0.25, 0.3) is 0 Å². The Morgan fingerprint density at radius 2 is 2.19 bits per heavy atom. The normalized spacial score (nSPS) is 24.0. The molecule has 0 heterocycles. The van der Waals surface area contributed by atoms with Crippen molar-refractivity contribution in [3.05, 3.63) is 29.3 Å². The van der Waals surface area contributed by atoms with Crippen LogP contribution in [0.2, 0.25) is 5.02 Å². The summed E-state index contributed by atoms with van der Waals surface area (Å²) in [6.45, 7) is 2.37. The summed E-state index contributed by atoms with van der Waals surface area (Å²) in [5.41, 5.74) is 0. The van der Waals surface area contributed by atoms with E-state index in [1.54, 1.807) is 12.1 Å². The lowest BCUT2D eigenvalue weighted by molar-refractivity contribution is -0.154. The summed E-state index contributed by atoms with van der Waals surface area (Å²) >= 11 is 5.96. The molecule has 0 aliphatic heterocycles. The molecular formula is C12H13ClO3. The molecule has 1 fully saturated rings. The zero-order valence-corrected chi connectivity index (χ0v) is 9.74. The van der Waals surface area contributed by atoms with Gasteiger partial charge in [0.15, 0.2) is 11.9 Å². The molecule has 0 amide bonds. The molecule has 2 unspecified atom stereocenters. The quantitative estimate of drug-likeness (QED) is 0.811. The fraction of sp³-hybridized carbons (Fsp3) is 0.417. The van der Waals surface area contributed by atoms with Crippen molar-refractivity contribution in [3.63, 3.8) is 0 Å². The highest BCUT2D eigenvalue weighted by Gasteiger charge is 2.42. The molecule has 1 aliphatic carbocycles. The Labute approximate surface area is 99.3 Å². The van der Waals surface area contributed by atoms with Gasteiger partial charge in [-0.3, -0.25) is 4.79 Å². The van der Waals surface area contributed by atoms with E-state index in [1.807, 2.05) is 19.1 Å². The zero-order valence-electron chi connectivity index (χ0n) is 8.98. The molecule has 0 saturated heterocycles. The Morgan fingerprint density at radius 1 is 1.44 bits per heavy atom. The first kappa shape index (κ1) is 11.4. The van der Waals surface area contributed by atoms with Crippen molar-refractivity contribution in [1.82, 2.24) is 0 Å². The fourth-order valence-electron chi connectivity index (χ4n) is 1.66. The number of para-hydroxylation sites is 1. The highest BCUT2D eigenvalue weighted by Crippen LogP contribution is 2.30. The molecule has 2 atom stereocenters. The van der Waals surface area contributed by atoms with E-state index < -0.39 is 6.10 Å². The molecule has 86 valence electrons. The van der Waals surface area contributed by atoms with Crippen molar-refractivity contribution in [1.29, 1.82) is 0 Å². The highest BCUT2D eigenvalue weighted by molar-refractivity contribution is 6.32. The topological polar surface area (TPSA) is 35.5 Å². The highest BCUT2D eigenvalue weighted by atomic mass is 35.5. The third-order valence-electron chi connectivity index (χ3n) is 2.52. The number of ketones is 1. The minimum Gasteiger partial charge on any atom is -0.485 e. The predicted octanol–water partition coefficient (Wildman–Crippen LogP) is 2.47. The Kier molecular flexibility index (Phi) is 3.46. The molecule has 1 aliphatic rings. The van der Waals surface area contributed by atoms with Gasteiger partial charge < -0.3 is 9.47 Å². The van der Waals surface area contributed by atoms with Crippen molar-refractivity contribution in [2.45, 2.75) is 25.6 Å². The van der Waals surface area contributed by atoms with Crippen LogP contribution in [0.4, 0.5) is 0 Å². The van der Waals surface area contributed by atoms with Gasteiger partial charge in [0.2, 0.25) is 0 Å². The van der Waals surface area contributed by atoms with Gasteiger partial charge in [-0.15, -0.1) is 0 Å². The summed E-state index contributed by atoms with van der Waals surface area (Å²) in [5, 5.41) is 0.553. The monoisotopic (exact) mass is 240 g/mol. The fourth-order valence-corrected chi connectivity index (χ4v) is 1.84. The van der Waals surface area contributed by atoms with Crippen LogP contribution in [0.15, 0.2) is 24.3 Å². The van der Waals surface area contributed by atoms with Gasteiger partial charge in [-0.2, -0.15) is 0 Å². The lowest BCUT2D eigenvalue weighted by Crippen LogP contribution is -2.52. The molecule has 2 rings (SSSR count). The molecule has 1 aromatic carbocycles. The number of hydrogen-bond donors (Lipinski definition) is 0. The van der Waals surface area contributed by atoms with Crippen molar-refractivity contribution in [2.75, 3.05) is 6.61 Å². The maximum Gasteiger partial charge on any atom is 0.169 e. The van der Waals surface area contributed by atoms with Gasteiger partial charge in [-0.05, 0) is 19.1 Å². The standard InChI is InChI=1S/C12H13ClO3/c1-2-15-12-9(14)7-11(12)16-10-6-4-3-5-8(10)13/h3-6,11-12H,2,7H2,1H3. The van der Waals surface area contributed by atoms with Crippen LogP contribution in [-0.2, 0) is 9.53 Å². The van der Waals surface area contributed by atoms with Gasteiger partial charge in [-0.1, -0.05) is 23.7 Å². The number of halogens is 1. The molecule has 0 spiro atoms. The van der Waals surface area contributed by atoms with Gasteiger partial charge in [0, 0.05) is 13.0 Å². The number of hydrogen-bond acceptors (Lipinski definition) is 3. The first-order valence-corrected chi connectivity index (χ1v) is 5.65. The number of carbonyl (C=O) groups is 1. The Hall–Kier alpha value is -1.06. The first-order valence-electron chi connectivity index (χ1n) is 5.28. The second-order valence-corrected chi connectivity index (χ2v) is 4.04. The van der Waals surface area contributed by atoms with Crippen LogP contribution in [0.3, 0.4) is 0 Å². The van der Waals surface area contributed by atoms with Crippen molar-refractivity contribution in [2.24, 2.45) is 0 Å². The maximum absolute atomic E-state index is 11.3. The largest absolute Gasteiger partial charge is 0.485 e. The van der Waals surface area contributed by atoms with Crippen molar-refractivity contribution in [3.8, 4) is 5.75 Å². The van der Waals surface area contributed by atoms with Crippen LogP contribution in [-0.4, -0.2) is 24.6 Å². The average molecular weight is 241 g/mol. The predicted molar refractivity (Wildman–Crippen MR) is 60.9 cm³/mol. The number of benzene rings is 1. The van der Waals surface area contributed by atoms with Crippen molar-refractivity contribution >= 4 is 17.4 Å². The van der Waals surface area contributed by atoms with Crippen LogP contribution in [0, 0.1) is 0 Å². The molecule has 0 radical (unpaired) electrons. The molecule has 0 bridgehead atoms. The van der Waals surface area contributed by atoms with Gasteiger partial charge >= 0.3 is 0 Å². The van der Waals surface area contributed by atoms with E-state index in [-0.39, 0.29) is 11.9 Å². The summed E-state index contributed by atoms with van der Waals surface area (Å²) < 4.78 is 10.9. The van der Waals surface area contributed by atoms with Crippen LogP contribution in [0.5, 0.6) is 5.75 Å². The number of Topliss-reactive ketones (excluding diaryl/α,β-unsaturated/α-hetero) is 1. The lowest BCUT2D eigenvalue weighted by atomic mass is 9.90. The first-order chi connectivity index (χ1) is 7.72. The number of carbonyl (C=O) groups excluding carboxylic acids is 1. The second kappa shape index (κ2) is 4.85. The number of rotatable bonds is 4. The van der Waals surface area contributed by atoms with E-state index in [0.29, 0.717) is 23.8 Å². The van der Waals surface area contributed by atoms with Gasteiger partial charge in [0.05, 0.1) is 5.02 Å². The van der Waals surface area contributed by atoms with E-state index in [0.717, 1.165) is 0 Å². The second-order valence-electron chi connectivity index (χ2n) is 3.63. The molecule has 1 saturated carbocycles. The van der Waals surface area contributed by atoms with Gasteiger partial charge in [0.25, 0.3) is 0 Å². The zero-order chi connectivity index (χ0) is 11.5. The summed E-state index contributed by atoms with van der Waals surface area (Å²) in [6.07, 6.45) is -0.232. The number of ether oxygens (including phenoxy) is 2. The smallest absolute Gasteiger partial charge is 0.169 e. The lowest BCUT2D eigenvalue weighted by Gasteiger charge is -2.34. The van der Waals surface area contributed by atoms with Crippen LogP contribution < -0.4 is 4.74 Å².